The second-order valence-electron chi connectivity index (χ2n) is 4.31. The van der Waals surface area contributed by atoms with Crippen LogP contribution in [0.2, 0.25) is 0 Å². The Kier molecular flexibility index (Phi) is 4.34. The van der Waals surface area contributed by atoms with Crippen LogP contribution in [0.5, 0.6) is 0 Å². The minimum Gasteiger partial charge on any atom is -0.315 e. The van der Waals surface area contributed by atoms with E-state index in [4.69, 9.17) is 0 Å². The second-order valence-corrected chi connectivity index (χ2v) is 6.56. The van der Waals surface area contributed by atoms with Gasteiger partial charge in [0.1, 0.15) is 0 Å². The summed E-state index contributed by atoms with van der Waals surface area (Å²) in [6.45, 7) is 4.48. The summed E-state index contributed by atoms with van der Waals surface area (Å²) in [6, 6.07) is 8.66. The van der Waals surface area contributed by atoms with Gasteiger partial charge in [-0.3, -0.25) is 0 Å². The average Bonchev–Trinajstić information content (AvgIpc) is 2.24. The van der Waals surface area contributed by atoms with Crippen molar-refractivity contribution in [2.75, 3.05) is 24.6 Å². The maximum atomic E-state index is 3.68. The third kappa shape index (κ3) is 2.47. The van der Waals surface area contributed by atoms with Crippen LogP contribution in [0.3, 0.4) is 0 Å². The molecule has 16 heavy (non-hydrogen) atoms. The van der Waals surface area contributed by atoms with Gasteiger partial charge in [-0.2, -0.15) is 11.8 Å². The van der Waals surface area contributed by atoms with Gasteiger partial charge >= 0.3 is 0 Å². The van der Waals surface area contributed by atoms with Crippen molar-refractivity contribution in [3.8, 4) is 0 Å². The van der Waals surface area contributed by atoms with Gasteiger partial charge in [0.05, 0.1) is 0 Å². The van der Waals surface area contributed by atoms with Crippen LogP contribution in [0, 0.1) is 0 Å². The minimum atomic E-state index is 0.377. The molecular weight excluding hydrogens is 282 g/mol. The summed E-state index contributed by atoms with van der Waals surface area (Å²) in [7, 11) is 0. The van der Waals surface area contributed by atoms with E-state index in [1.807, 2.05) is 11.8 Å². The number of halogens is 1. The van der Waals surface area contributed by atoms with Gasteiger partial charge in [0.15, 0.2) is 0 Å². The molecule has 1 fully saturated rings. The molecule has 1 aliphatic heterocycles. The summed E-state index contributed by atoms with van der Waals surface area (Å²) in [6.07, 6.45) is 1.28. The number of thioether (sulfide) groups is 1. The van der Waals surface area contributed by atoms with Gasteiger partial charge in [0.2, 0.25) is 0 Å². The van der Waals surface area contributed by atoms with E-state index in [1.54, 1.807) is 0 Å². The van der Waals surface area contributed by atoms with Crippen molar-refractivity contribution in [2.24, 2.45) is 0 Å². The van der Waals surface area contributed by atoms with Gasteiger partial charge in [-0.05, 0) is 29.6 Å². The number of benzene rings is 1. The number of hydrogen-bond donors (Lipinski definition) is 1. The largest absolute Gasteiger partial charge is 0.315 e. The number of rotatable bonds is 5. The summed E-state index contributed by atoms with van der Waals surface area (Å²) in [5.41, 5.74) is 1.85. The van der Waals surface area contributed by atoms with E-state index in [-0.39, 0.29) is 0 Å². The fourth-order valence-electron chi connectivity index (χ4n) is 2.23. The molecule has 3 heteroatoms. The maximum Gasteiger partial charge on any atom is 0.0221 e. The number of nitrogens with one attached hydrogen (secondary N) is 1. The normalized spacial score (nSPS) is 18.1. The van der Waals surface area contributed by atoms with Gasteiger partial charge in [0, 0.05) is 23.0 Å². The Morgan fingerprint density at radius 2 is 2.12 bits per heavy atom. The van der Waals surface area contributed by atoms with Crippen LogP contribution in [0.4, 0.5) is 0 Å². The van der Waals surface area contributed by atoms with E-state index < -0.39 is 0 Å². The van der Waals surface area contributed by atoms with Crippen molar-refractivity contribution < 1.29 is 0 Å². The highest BCUT2D eigenvalue weighted by molar-refractivity contribution is 9.10. The standard InChI is InChI=1S/C13H18BrNS/c1-2-16-8-7-13(9-15-10-13)11-5-3-4-6-12(11)14/h3-6,15H,2,7-10H2,1H3. The lowest BCUT2D eigenvalue weighted by Gasteiger charge is -2.44. The molecule has 0 aromatic heterocycles. The zero-order valence-electron chi connectivity index (χ0n) is 9.63. The monoisotopic (exact) mass is 299 g/mol. The molecule has 1 N–H and O–H groups in total. The van der Waals surface area contributed by atoms with Crippen molar-refractivity contribution in [2.45, 2.75) is 18.8 Å². The van der Waals surface area contributed by atoms with Crippen LogP contribution in [-0.2, 0) is 5.41 Å². The molecule has 1 aliphatic rings. The van der Waals surface area contributed by atoms with Crippen LogP contribution in [0.1, 0.15) is 18.9 Å². The lowest BCUT2D eigenvalue weighted by atomic mass is 9.73. The second kappa shape index (κ2) is 5.56. The fraction of sp³-hybridized carbons (Fsp3) is 0.538. The summed E-state index contributed by atoms with van der Waals surface area (Å²) in [5, 5.41) is 3.42. The highest BCUT2D eigenvalue weighted by atomic mass is 79.9. The van der Waals surface area contributed by atoms with E-state index in [0.29, 0.717) is 5.41 Å². The Morgan fingerprint density at radius 1 is 1.38 bits per heavy atom. The third-order valence-electron chi connectivity index (χ3n) is 3.30. The van der Waals surface area contributed by atoms with E-state index in [9.17, 15) is 0 Å². The van der Waals surface area contributed by atoms with E-state index in [1.165, 1.54) is 28.0 Å². The molecule has 0 radical (unpaired) electrons. The van der Waals surface area contributed by atoms with E-state index in [0.717, 1.165) is 13.1 Å². The van der Waals surface area contributed by atoms with E-state index >= 15 is 0 Å². The van der Waals surface area contributed by atoms with Crippen LogP contribution >= 0.6 is 27.7 Å². The lowest BCUT2D eigenvalue weighted by Crippen LogP contribution is -2.57. The minimum absolute atomic E-state index is 0.377. The predicted molar refractivity (Wildman–Crippen MR) is 76.3 cm³/mol. The Hall–Kier alpha value is 0.01000. The Balaban J connectivity index is 2.12. The first-order valence-corrected chi connectivity index (χ1v) is 7.77. The topological polar surface area (TPSA) is 12.0 Å². The van der Waals surface area contributed by atoms with Gasteiger partial charge < -0.3 is 5.32 Å². The highest BCUT2D eigenvalue weighted by Crippen LogP contribution is 2.37. The Morgan fingerprint density at radius 3 is 2.69 bits per heavy atom. The first-order chi connectivity index (χ1) is 7.78. The van der Waals surface area contributed by atoms with E-state index in [2.05, 4.69) is 52.4 Å². The SMILES string of the molecule is CCSCCC1(c2ccccc2Br)CNC1. The molecule has 88 valence electrons. The average molecular weight is 300 g/mol. The zero-order valence-corrected chi connectivity index (χ0v) is 12.0. The van der Waals surface area contributed by atoms with Crippen LogP contribution in [-0.4, -0.2) is 24.6 Å². The summed E-state index contributed by atoms with van der Waals surface area (Å²) in [4.78, 5) is 0. The molecule has 0 amide bonds. The molecule has 1 nitrogen and oxygen atoms in total. The predicted octanol–water partition coefficient (Wildman–Crippen LogP) is 3.43. The number of hydrogen-bond acceptors (Lipinski definition) is 2. The third-order valence-corrected chi connectivity index (χ3v) is 4.89. The maximum absolute atomic E-state index is 3.68. The van der Waals surface area contributed by atoms with Gasteiger partial charge in [0.25, 0.3) is 0 Å². The lowest BCUT2D eigenvalue weighted by molar-refractivity contribution is 0.268. The zero-order chi connectivity index (χ0) is 11.4. The molecule has 0 spiro atoms. The first kappa shape index (κ1) is 12.5. The van der Waals surface area contributed by atoms with Crippen LogP contribution < -0.4 is 5.32 Å². The Labute approximate surface area is 111 Å². The molecule has 0 saturated carbocycles. The first-order valence-electron chi connectivity index (χ1n) is 5.82. The van der Waals surface area contributed by atoms with Crippen molar-refractivity contribution in [1.82, 2.24) is 5.32 Å². The molecule has 1 aromatic carbocycles. The molecule has 1 heterocycles. The van der Waals surface area contributed by atoms with Crippen LogP contribution in [0.15, 0.2) is 28.7 Å². The van der Waals surface area contributed by atoms with Gasteiger partial charge in [-0.1, -0.05) is 41.1 Å². The van der Waals surface area contributed by atoms with Crippen molar-refractivity contribution in [1.29, 1.82) is 0 Å². The molecule has 2 rings (SSSR count). The molecule has 1 aromatic rings. The molecular formula is C13H18BrNS. The van der Waals surface area contributed by atoms with Crippen LogP contribution in [0.25, 0.3) is 0 Å². The quantitative estimate of drug-likeness (QED) is 0.836. The van der Waals surface area contributed by atoms with Crippen molar-refractivity contribution >= 4 is 27.7 Å². The van der Waals surface area contributed by atoms with Crippen molar-refractivity contribution in [3.63, 3.8) is 0 Å². The summed E-state index contributed by atoms with van der Waals surface area (Å²) < 4.78 is 1.26. The highest BCUT2D eigenvalue weighted by Gasteiger charge is 2.39. The van der Waals surface area contributed by atoms with Crippen molar-refractivity contribution in [3.05, 3.63) is 34.3 Å². The Bertz CT molecular complexity index is 350. The fourth-order valence-corrected chi connectivity index (χ4v) is 3.76. The molecule has 0 bridgehead atoms. The molecule has 0 unspecified atom stereocenters. The van der Waals surface area contributed by atoms with Gasteiger partial charge in [-0.25, -0.2) is 0 Å². The smallest absolute Gasteiger partial charge is 0.0221 e. The molecule has 0 aliphatic carbocycles. The molecule has 1 saturated heterocycles. The van der Waals surface area contributed by atoms with Gasteiger partial charge in [-0.15, -0.1) is 0 Å². The molecule has 0 atom stereocenters. The summed E-state index contributed by atoms with van der Waals surface area (Å²) in [5.74, 6) is 2.49. The summed E-state index contributed by atoms with van der Waals surface area (Å²) >= 11 is 5.72.